The van der Waals surface area contributed by atoms with E-state index < -0.39 is 20.7 Å². The van der Waals surface area contributed by atoms with E-state index in [1.807, 2.05) is 23.9 Å². The number of carbonyl (C=O) groups is 1. The molecule has 0 unspecified atom stereocenters. The van der Waals surface area contributed by atoms with Crippen molar-refractivity contribution in [3.63, 3.8) is 0 Å². The molecule has 1 N–H and O–H groups in total. The molecule has 1 aliphatic carbocycles. The minimum absolute atomic E-state index is 0.0579. The molecular formula is C16H20N2O4S2. The highest BCUT2D eigenvalue weighted by Crippen LogP contribution is 2.56. The van der Waals surface area contributed by atoms with Gasteiger partial charge in [-0.3, -0.25) is 4.79 Å². The predicted molar refractivity (Wildman–Crippen MR) is 93.8 cm³/mol. The monoisotopic (exact) mass is 368 g/mol. The number of amides is 1. The molecular weight excluding hydrogens is 348 g/mol. The first-order valence-corrected chi connectivity index (χ1v) is 10.6. The maximum absolute atomic E-state index is 12.7. The Morgan fingerprint density at radius 2 is 2.04 bits per heavy atom. The van der Waals surface area contributed by atoms with E-state index in [4.69, 9.17) is 4.74 Å². The molecule has 2 atom stereocenters. The molecule has 6 nitrogen and oxygen atoms in total. The molecule has 0 radical (unpaired) electrons. The van der Waals surface area contributed by atoms with Gasteiger partial charge in [0.1, 0.15) is 11.9 Å². The van der Waals surface area contributed by atoms with Gasteiger partial charge >= 0.3 is 0 Å². The van der Waals surface area contributed by atoms with Crippen molar-refractivity contribution in [3.8, 4) is 5.75 Å². The summed E-state index contributed by atoms with van der Waals surface area (Å²) in [7, 11) is -2.03. The fourth-order valence-corrected chi connectivity index (χ4v) is 6.12. The Bertz CT molecular complexity index is 761. The van der Waals surface area contributed by atoms with Gasteiger partial charge in [0.05, 0.1) is 0 Å². The van der Waals surface area contributed by atoms with E-state index in [-0.39, 0.29) is 12.0 Å². The van der Waals surface area contributed by atoms with Gasteiger partial charge in [-0.15, -0.1) is 0 Å². The van der Waals surface area contributed by atoms with Crippen molar-refractivity contribution in [2.24, 2.45) is 5.92 Å². The third kappa shape index (κ3) is 2.43. The Morgan fingerprint density at radius 1 is 1.33 bits per heavy atom. The van der Waals surface area contributed by atoms with Crippen molar-refractivity contribution >= 4 is 33.4 Å². The fourth-order valence-electron chi connectivity index (χ4n) is 3.42. The summed E-state index contributed by atoms with van der Waals surface area (Å²) in [6.07, 6.45) is 1.44. The lowest BCUT2D eigenvalue weighted by Crippen LogP contribution is -2.50. The molecule has 0 bridgehead atoms. The van der Waals surface area contributed by atoms with Crippen LogP contribution >= 0.6 is 11.8 Å². The second-order valence-electron chi connectivity index (χ2n) is 6.66. The molecule has 3 aliphatic rings. The quantitative estimate of drug-likeness (QED) is 0.873. The predicted octanol–water partition coefficient (Wildman–Crippen LogP) is 1.54. The number of nitrogens with one attached hydrogen (secondary N) is 1. The van der Waals surface area contributed by atoms with Crippen molar-refractivity contribution in [3.05, 3.63) is 24.3 Å². The molecule has 1 amide bonds. The average molecular weight is 368 g/mol. The van der Waals surface area contributed by atoms with E-state index in [2.05, 4.69) is 5.32 Å². The zero-order valence-electron chi connectivity index (χ0n) is 13.4. The lowest BCUT2D eigenvalue weighted by molar-refractivity contribution is -0.117. The van der Waals surface area contributed by atoms with Gasteiger partial charge in [0.25, 0.3) is 0 Å². The van der Waals surface area contributed by atoms with Crippen molar-refractivity contribution in [1.82, 2.24) is 4.31 Å². The number of sulfonamides is 1. The van der Waals surface area contributed by atoms with Gasteiger partial charge in [0.2, 0.25) is 15.9 Å². The Morgan fingerprint density at radius 3 is 2.67 bits per heavy atom. The van der Waals surface area contributed by atoms with Gasteiger partial charge in [0.15, 0.2) is 4.75 Å². The fraction of sp³-hybridized carbons (Fsp3) is 0.562. The zero-order valence-corrected chi connectivity index (χ0v) is 15.0. The van der Waals surface area contributed by atoms with Crippen molar-refractivity contribution < 1.29 is 17.9 Å². The second kappa shape index (κ2) is 5.64. The highest BCUT2D eigenvalue weighted by molar-refractivity contribution is 8.00. The Kier molecular flexibility index (Phi) is 3.81. The summed E-state index contributed by atoms with van der Waals surface area (Å²) in [6.45, 7) is 0.494. The second-order valence-corrected chi connectivity index (χ2v) is 10.0. The van der Waals surface area contributed by atoms with Gasteiger partial charge in [-0.2, -0.15) is 11.8 Å². The number of hydrogen-bond acceptors (Lipinski definition) is 5. The molecule has 2 heterocycles. The number of anilines is 1. The number of fused-ring (bicyclic) bond motifs is 1. The highest BCUT2D eigenvalue weighted by Gasteiger charge is 2.71. The number of benzene rings is 1. The van der Waals surface area contributed by atoms with Gasteiger partial charge in [-0.25, -0.2) is 12.7 Å². The van der Waals surface area contributed by atoms with Crippen LogP contribution in [0.3, 0.4) is 0 Å². The minimum atomic E-state index is -3.57. The lowest BCUT2D eigenvalue weighted by atomic mass is 10.2. The van der Waals surface area contributed by atoms with Crippen LogP contribution in [-0.2, 0) is 14.8 Å². The number of hydrogen-bond donors (Lipinski definition) is 1. The van der Waals surface area contributed by atoms with Gasteiger partial charge < -0.3 is 10.1 Å². The zero-order chi connectivity index (χ0) is 16.9. The maximum atomic E-state index is 12.7. The Balaban J connectivity index is 1.46. The molecule has 2 aliphatic heterocycles. The summed E-state index contributed by atoms with van der Waals surface area (Å²) < 4.78 is 30.9. The highest BCUT2D eigenvalue weighted by atomic mass is 32.2. The van der Waals surface area contributed by atoms with Crippen LogP contribution in [0.1, 0.15) is 12.8 Å². The number of thioether (sulfide) groups is 1. The van der Waals surface area contributed by atoms with Gasteiger partial charge in [0, 0.05) is 30.8 Å². The Labute approximate surface area is 146 Å². The SMILES string of the molecule is CN1CC[C@@H]2C[C@@]2(C(=O)Nc2ccc(OC3CSC3)cc2)S1(=O)=O. The molecule has 4 rings (SSSR count). The topological polar surface area (TPSA) is 75.7 Å². The first-order chi connectivity index (χ1) is 11.4. The molecule has 1 aromatic rings. The van der Waals surface area contributed by atoms with Crippen LogP contribution in [0, 0.1) is 5.92 Å². The summed E-state index contributed by atoms with van der Waals surface area (Å²) in [5.74, 6) is 2.31. The summed E-state index contributed by atoms with van der Waals surface area (Å²) in [6, 6.07) is 7.13. The standard InChI is InChI=1S/C16H20N2O4S2/c1-18-7-6-11-8-16(11,24(18,20)21)15(19)17-12-2-4-13(5-3-12)22-14-9-23-10-14/h2-5,11,14H,6-10H2,1H3,(H,17,19)/t11-,16-/m1/s1. The third-order valence-corrected chi connectivity index (χ3v) is 8.94. The number of ether oxygens (including phenoxy) is 1. The first-order valence-electron chi connectivity index (χ1n) is 8.05. The maximum Gasteiger partial charge on any atom is 0.247 e. The van der Waals surface area contributed by atoms with Gasteiger partial charge in [-0.05, 0) is 43.0 Å². The summed E-state index contributed by atoms with van der Waals surface area (Å²) >= 11 is 1.85. The summed E-state index contributed by atoms with van der Waals surface area (Å²) in [4.78, 5) is 12.7. The average Bonchev–Trinajstić information content (AvgIpc) is 3.26. The smallest absolute Gasteiger partial charge is 0.247 e. The van der Waals surface area contributed by atoms with Crippen LogP contribution in [0.25, 0.3) is 0 Å². The van der Waals surface area contributed by atoms with E-state index >= 15 is 0 Å². The minimum Gasteiger partial charge on any atom is -0.489 e. The number of carbonyl (C=O) groups excluding carboxylic acids is 1. The van der Waals surface area contributed by atoms with Crippen LogP contribution in [0.4, 0.5) is 5.69 Å². The molecule has 2 saturated heterocycles. The van der Waals surface area contributed by atoms with Crippen molar-refractivity contribution in [1.29, 1.82) is 0 Å². The summed E-state index contributed by atoms with van der Waals surface area (Å²) in [5.41, 5.74) is 0.596. The van der Waals surface area contributed by atoms with Crippen molar-refractivity contribution in [2.75, 3.05) is 30.4 Å². The van der Waals surface area contributed by atoms with E-state index in [0.29, 0.717) is 18.7 Å². The van der Waals surface area contributed by atoms with Crippen LogP contribution < -0.4 is 10.1 Å². The molecule has 130 valence electrons. The molecule has 24 heavy (non-hydrogen) atoms. The molecule has 8 heteroatoms. The molecule has 0 spiro atoms. The van der Waals surface area contributed by atoms with E-state index in [9.17, 15) is 13.2 Å². The molecule has 1 saturated carbocycles. The van der Waals surface area contributed by atoms with Crippen LogP contribution in [0.2, 0.25) is 0 Å². The normalized spacial score (nSPS) is 31.6. The van der Waals surface area contributed by atoms with Crippen molar-refractivity contribution in [2.45, 2.75) is 23.7 Å². The van der Waals surface area contributed by atoms with Crippen LogP contribution in [-0.4, -0.2) is 54.6 Å². The van der Waals surface area contributed by atoms with Crippen LogP contribution in [0.15, 0.2) is 24.3 Å². The number of rotatable bonds is 4. The van der Waals surface area contributed by atoms with Gasteiger partial charge in [-0.1, -0.05) is 0 Å². The first kappa shape index (κ1) is 16.2. The third-order valence-electron chi connectivity index (χ3n) is 5.12. The lowest BCUT2D eigenvalue weighted by Gasteiger charge is -2.29. The van der Waals surface area contributed by atoms with E-state index in [0.717, 1.165) is 23.7 Å². The van der Waals surface area contributed by atoms with E-state index in [1.165, 1.54) is 4.31 Å². The molecule has 0 aromatic heterocycles. The van der Waals surface area contributed by atoms with E-state index in [1.54, 1.807) is 19.2 Å². The molecule has 3 fully saturated rings. The molecule has 1 aromatic carbocycles. The Hall–Kier alpha value is -1.25. The largest absolute Gasteiger partial charge is 0.489 e. The summed E-state index contributed by atoms with van der Waals surface area (Å²) in [5, 5.41) is 2.77. The number of nitrogens with zero attached hydrogens (tertiary/aromatic N) is 1. The van der Waals surface area contributed by atoms with Crippen LogP contribution in [0.5, 0.6) is 5.75 Å².